The van der Waals surface area contributed by atoms with E-state index in [2.05, 4.69) is 9.80 Å². The van der Waals surface area contributed by atoms with Crippen LogP contribution in [-0.4, -0.2) is 55.2 Å². The summed E-state index contributed by atoms with van der Waals surface area (Å²) < 4.78 is 18.4. The van der Waals surface area contributed by atoms with Crippen LogP contribution < -0.4 is 4.90 Å². The van der Waals surface area contributed by atoms with Gasteiger partial charge in [-0.2, -0.15) is 0 Å². The number of esters is 1. The molecule has 1 aliphatic heterocycles. The average molecular weight is 359 g/mol. The normalized spacial score (nSPS) is 15.4. The van der Waals surface area contributed by atoms with Crippen molar-refractivity contribution in [3.63, 3.8) is 0 Å². The largest absolute Gasteiger partial charge is 0.466 e. The molecule has 0 N–H and O–H groups in total. The zero-order valence-electron chi connectivity index (χ0n) is 15.5. The molecule has 1 aromatic carbocycles. The van der Waals surface area contributed by atoms with Gasteiger partial charge in [0.25, 0.3) is 0 Å². The molecule has 0 unspecified atom stereocenters. The van der Waals surface area contributed by atoms with Crippen molar-refractivity contribution in [1.82, 2.24) is 9.88 Å². The Balaban J connectivity index is 1.56. The minimum atomic E-state index is -0.230. The predicted octanol–water partition coefficient (Wildman–Crippen LogP) is 3.15. The number of hydrogen-bond donors (Lipinski definition) is 0. The molecule has 0 spiro atoms. The average Bonchev–Trinajstić information content (AvgIpc) is 2.63. The monoisotopic (exact) mass is 359 g/mol. The van der Waals surface area contributed by atoms with Gasteiger partial charge < -0.3 is 9.64 Å². The van der Waals surface area contributed by atoms with Crippen molar-refractivity contribution < 1.29 is 13.9 Å². The van der Waals surface area contributed by atoms with E-state index in [9.17, 15) is 9.18 Å². The fourth-order valence-electron chi connectivity index (χ4n) is 3.39. The SMILES string of the molecule is CCOC(=O)CCCN1CCN(c2cc(C)c3cc(F)ccc3n2)CC1. The number of aromatic nitrogens is 1. The Morgan fingerprint density at radius 3 is 2.73 bits per heavy atom. The van der Waals surface area contributed by atoms with Crippen molar-refractivity contribution in [3.05, 3.63) is 35.6 Å². The number of nitrogens with zero attached hydrogens (tertiary/aromatic N) is 3. The number of hydrogen-bond acceptors (Lipinski definition) is 5. The summed E-state index contributed by atoms with van der Waals surface area (Å²) in [6.07, 6.45) is 1.31. The molecule has 0 radical (unpaired) electrons. The highest BCUT2D eigenvalue weighted by molar-refractivity contribution is 5.84. The van der Waals surface area contributed by atoms with Crippen LogP contribution in [0.4, 0.5) is 10.2 Å². The Morgan fingerprint density at radius 2 is 2.00 bits per heavy atom. The lowest BCUT2D eigenvalue weighted by Gasteiger charge is -2.35. The molecule has 0 bridgehead atoms. The van der Waals surface area contributed by atoms with Crippen LogP contribution >= 0.6 is 0 Å². The summed E-state index contributed by atoms with van der Waals surface area (Å²) in [5.74, 6) is 0.609. The minimum absolute atomic E-state index is 0.113. The van der Waals surface area contributed by atoms with Gasteiger partial charge in [0, 0.05) is 38.0 Å². The molecule has 6 heteroatoms. The van der Waals surface area contributed by atoms with Gasteiger partial charge in [-0.05, 0) is 56.6 Å². The third-order valence-corrected chi connectivity index (χ3v) is 4.82. The molecule has 0 atom stereocenters. The van der Waals surface area contributed by atoms with Gasteiger partial charge in [-0.15, -0.1) is 0 Å². The first-order valence-electron chi connectivity index (χ1n) is 9.26. The quantitative estimate of drug-likeness (QED) is 0.742. The lowest BCUT2D eigenvalue weighted by Crippen LogP contribution is -2.47. The van der Waals surface area contributed by atoms with Crippen molar-refractivity contribution in [1.29, 1.82) is 0 Å². The first kappa shape index (κ1) is 18.6. The number of rotatable bonds is 6. The molecule has 1 aliphatic rings. The smallest absolute Gasteiger partial charge is 0.305 e. The highest BCUT2D eigenvalue weighted by Gasteiger charge is 2.19. The van der Waals surface area contributed by atoms with Crippen molar-refractivity contribution >= 4 is 22.7 Å². The second kappa shape index (κ2) is 8.45. The summed E-state index contributed by atoms with van der Waals surface area (Å²) in [6, 6.07) is 6.79. The molecule has 1 aromatic heterocycles. The molecule has 2 aromatic rings. The number of ether oxygens (including phenoxy) is 1. The number of carbonyl (C=O) groups is 1. The Bertz CT molecular complexity index is 773. The van der Waals surface area contributed by atoms with Crippen molar-refractivity contribution in [2.75, 3.05) is 44.2 Å². The molecule has 26 heavy (non-hydrogen) atoms. The first-order valence-corrected chi connectivity index (χ1v) is 9.26. The van der Waals surface area contributed by atoms with E-state index in [0.29, 0.717) is 13.0 Å². The number of anilines is 1. The molecule has 140 valence electrons. The second-order valence-corrected chi connectivity index (χ2v) is 6.70. The minimum Gasteiger partial charge on any atom is -0.466 e. The van der Waals surface area contributed by atoms with E-state index in [1.807, 2.05) is 19.9 Å². The van der Waals surface area contributed by atoms with E-state index in [1.54, 1.807) is 12.1 Å². The van der Waals surface area contributed by atoms with Gasteiger partial charge in [0.15, 0.2) is 0 Å². The van der Waals surface area contributed by atoms with Gasteiger partial charge in [0.1, 0.15) is 11.6 Å². The number of aryl methyl sites for hydroxylation is 1. The first-order chi connectivity index (χ1) is 12.6. The molecule has 0 amide bonds. The molecule has 1 fully saturated rings. The second-order valence-electron chi connectivity index (χ2n) is 6.70. The molecule has 1 saturated heterocycles. The molecule has 2 heterocycles. The van der Waals surface area contributed by atoms with Crippen LogP contribution in [0.15, 0.2) is 24.3 Å². The van der Waals surface area contributed by atoms with Gasteiger partial charge in [-0.3, -0.25) is 9.69 Å². The van der Waals surface area contributed by atoms with Crippen LogP contribution in [0.5, 0.6) is 0 Å². The number of fused-ring (bicyclic) bond motifs is 1. The van der Waals surface area contributed by atoms with E-state index in [0.717, 1.165) is 61.4 Å². The Morgan fingerprint density at radius 1 is 1.23 bits per heavy atom. The van der Waals surface area contributed by atoms with Crippen LogP contribution in [0.2, 0.25) is 0 Å². The van der Waals surface area contributed by atoms with E-state index < -0.39 is 0 Å². The van der Waals surface area contributed by atoms with E-state index >= 15 is 0 Å². The summed E-state index contributed by atoms with van der Waals surface area (Å²) in [5.41, 5.74) is 1.87. The van der Waals surface area contributed by atoms with E-state index in [4.69, 9.17) is 9.72 Å². The molecule has 0 aliphatic carbocycles. The highest BCUT2D eigenvalue weighted by Crippen LogP contribution is 2.24. The Kier molecular flexibility index (Phi) is 6.04. The fourth-order valence-corrected chi connectivity index (χ4v) is 3.39. The van der Waals surface area contributed by atoms with Gasteiger partial charge in [0.2, 0.25) is 0 Å². The fraction of sp³-hybridized carbons (Fsp3) is 0.500. The van der Waals surface area contributed by atoms with Gasteiger partial charge >= 0.3 is 5.97 Å². The number of benzene rings is 1. The van der Waals surface area contributed by atoms with Crippen LogP contribution in [0.25, 0.3) is 10.9 Å². The summed E-state index contributed by atoms with van der Waals surface area (Å²) >= 11 is 0. The summed E-state index contributed by atoms with van der Waals surface area (Å²) in [6.45, 7) is 8.89. The summed E-state index contributed by atoms with van der Waals surface area (Å²) in [5, 5.41) is 0.867. The lowest BCUT2D eigenvalue weighted by atomic mass is 10.1. The van der Waals surface area contributed by atoms with Crippen LogP contribution in [-0.2, 0) is 9.53 Å². The number of halogens is 1. The Labute approximate surface area is 153 Å². The van der Waals surface area contributed by atoms with Gasteiger partial charge in [-0.25, -0.2) is 9.37 Å². The van der Waals surface area contributed by atoms with Crippen molar-refractivity contribution in [2.45, 2.75) is 26.7 Å². The third-order valence-electron chi connectivity index (χ3n) is 4.82. The standard InChI is InChI=1S/C20H26FN3O2/c1-3-26-20(25)5-4-8-23-9-11-24(12-10-23)19-13-15(2)17-14-16(21)6-7-18(17)22-19/h6-7,13-14H,3-5,8-12H2,1-2H3. The molecule has 0 saturated carbocycles. The molecule has 5 nitrogen and oxygen atoms in total. The summed E-state index contributed by atoms with van der Waals surface area (Å²) in [4.78, 5) is 20.8. The summed E-state index contributed by atoms with van der Waals surface area (Å²) in [7, 11) is 0. The maximum absolute atomic E-state index is 13.4. The van der Waals surface area contributed by atoms with Crippen LogP contribution in [0.3, 0.4) is 0 Å². The molecule has 3 rings (SSSR count). The Hall–Kier alpha value is -2.21. The molecular weight excluding hydrogens is 333 g/mol. The van der Waals surface area contributed by atoms with Crippen molar-refractivity contribution in [3.8, 4) is 0 Å². The number of pyridine rings is 1. The van der Waals surface area contributed by atoms with Gasteiger partial charge in [-0.1, -0.05) is 0 Å². The van der Waals surface area contributed by atoms with E-state index in [1.165, 1.54) is 6.07 Å². The van der Waals surface area contributed by atoms with Crippen molar-refractivity contribution in [2.24, 2.45) is 0 Å². The number of carbonyl (C=O) groups excluding carboxylic acids is 1. The predicted molar refractivity (Wildman–Crippen MR) is 101 cm³/mol. The number of piperazine rings is 1. The van der Waals surface area contributed by atoms with E-state index in [-0.39, 0.29) is 11.8 Å². The van der Waals surface area contributed by atoms with Crippen LogP contribution in [0.1, 0.15) is 25.3 Å². The maximum Gasteiger partial charge on any atom is 0.305 e. The zero-order valence-corrected chi connectivity index (χ0v) is 15.5. The third kappa shape index (κ3) is 4.49. The maximum atomic E-state index is 13.4. The topological polar surface area (TPSA) is 45.7 Å². The van der Waals surface area contributed by atoms with Gasteiger partial charge in [0.05, 0.1) is 12.1 Å². The molecular formula is C20H26FN3O2. The highest BCUT2D eigenvalue weighted by atomic mass is 19.1. The lowest BCUT2D eigenvalue weighted by molar-refractivity contribution is -0.143. The zero-order chi connectivity index (χ0) is 18.5. The van der Waals surface area contributed by atoms with Crippen LogP contribution in [0, 0.1) is 12.7 Å².